The first-order valence-corrected chi connectivity index (χ1v) is 5.76. The predicted octanol–water partition coefficient (Wildman–Crippen LogP) is 4.78. The van der Waals surface area contributed by atoms with Crippen molar-refractivity contribution >= 4 is 45.9 Å². The van der Waals surface area contributed by atoms with Gasteiger partial charge in [-0.15, -0.1) is 22.7 Å². The third-order valence-corrected chi connectivity index (χ3v) is 4.21. The van der Waals surface area contributed by atoms with Crippen LogP contribution in [0.1, 0.15) is 0 Å². The van der Waals surface area contributed by atoms with E-state index in [9.17, 15) is 0 Å². The zero-order valence-corrected chi connectivity index (χ0v) is 9.03. The molecule has 2 heterocycles. The van der Waals surface area contributed by atoms with Gasteiger partial charge in [-0.3, -0.25) is 0 Å². The monoisotopic (exact) mass is 234 g/mol. The molecule has 12 heavy (non-hydrogen) atoms. The van der Waals surface area contributed by atoms with Crippen molar-refractivity contribution in [1.29, 1.82) is 0 Å². The van der Waals surface area contributed by atoms with Crippen molar-refractivity contribution in [3.63, 3.8) is 0 Å². The summed E-state index contributed by atoms with van der Waals surface area (Å²) in [5.41, 5.74) is 0. The maximum Gasteiger partial charge on any atom is 0.0629 e. The molecule has 0 spiro atoms. The number of halogens is 2. The summed E-state index contributed by atoms with van der Waals surface area (Å²) in [6, 6.07) is 3.83. The first-order valence-electron chi connectivity index (χ1n) is 3.25. The van der Waals surface area contributed by atoms with Gasteiger partial charge in [-0.1, -0.05) is 23.2 Å². The molecule has 0 saturated carbocycles. The van der Waals surface area contributed by atoms with Crippen LogP contribution in [0.2, 0.25) is 10.0 Å². The Balaban J connectivity index is 2.50. The van der Waals surface area contributed by atoms with Crippen LogP contribution in [0.3, 0.4) is 0 Å². The molecular weight excluding hydrogens is 231 g/mol. The van der Waals surface area contributed by atoms with Crippen molar-refractivity contribution in [3.8, 4) is 9.75 Å². The molecule has 0 amide bonds. The molecular formula is C8H4Cl2S2. The summed E-state index contributed by atoms with van der Waals surface area (Å²) in [5.74, 6) is 0. The first kappa shape index (κ1) is 8.57. The van der Waals surface area contributed by atoms with Gasteiger partial charge in [0.2, 0.25) is 0 Å². The second-order valence-electron chi connectivity index (χ2n) is 2.23. The lowest BCUT2D eigenvalue weighted by molar-refractivity contribution is 1.92. The lowest BCUT2D eigenvalue weighted by Crippen LogP contribution is -1.61. The fraction of sp³-hybridized carbons (Fsp3) is 0. The Morgan fingerprint density at radius 3 is 2.50 bits per heavy atom. The maximum absolute atomic E-state index is 5.96. The summed E-state index contributed by atoms with van der Waals surface area (Å²) in [4.78, 5) is 2.24. The Bertz CT molecular complexity index is 389. The summed E-state index contributed by atoms with van der Waals surface area (Å²) in [5, 5.41) is 5.47. The summed E-state index contributed by atoms with van der Waals surface area (Å²) in [7, 11) is 0. The average molecular weight is 235 g/mol. The van der Waals surface area contributed by atoms with E-state index >= 15 is 0 Å². The fourth-order valence-electron chi connectivity index (χ4n) is 0.902. The highest BCUT2D eigenvalue weighted by Gasteiger charge is 2.06. The van der Waals surface area contributed by atoms with Crippen molar-refractivity contribution in [2.24, 2.45) is 0 Å². The Labute approximate surface area is 88.4 Å². The van der Waals surface area contributed by atoms with Gasteiger partial charge in [-0.05, 0) is 17.5 Å². The summed E-state index contributed by atoms with van der Waals surface area (Å²) >= 11 is 15.0. The van der Waals surface area contributed by atoms with Crippen LogP contribution in [0.5, 0.6) is 0 Å². The molecule has 0 unspecified atom stereocenters. The van der Waals surface area contributed by atoms with E-state index in [-0.39, 0.29) is 0 Å². The molecule has 0 saturated heterocycles. The predicted molar refractivity (Wildman–Crippen MR) is 57.7 cm³/mol. The van der Waals surface area contributed by atoms with Crippen LogP contribution in [0.4, 0.5) is 0 Å². The van der Waals surface area contributed by atoms with Crippen LogP contribution < -0.4 is 0 Å². The summed E-state index contributed by atoms with van der Waals surface area (Å²) in [6.45, 7) is 0. The van der Waals surface area contributed by atoms with E-state index in [1.54, 1.807) is 22.7 Å². The van der Waals surface area contributed by atoms with E-state index in [0.29, 0.717) is 0 Å². The molecule has 2 rings (SSSR count). The second-order valence-corrected chi connectivity index (χ2v) is 4.90. The zero-order valence-electron chi connectivity index (χ0n) is 5.88. The molecule has 0 nitrogen and oxygen atoms in total. The van der Waals surface area contributed by atoms with E-state index in [1.165, 1.54) is 0 Å². The van der Waals surface area contributed by atoms with Crippen molar-refractivity contribution in [2.75, 3.05) is 0 Å². The number of hydrogen-bond donors (Lipinski definition) is 0. The van der Waals surface area contributed by atoms with Crippen LogP contribution in [-0.4, -0.2) is 0 Å². The van der Waals surface area contributed by atoms with E-state index < -0.39 is 0 Å². The van der Waals surface area contributed by atoms with Gasteiger partial charge >= 0.3 is 0 Å². The lowest BCUT2D eigenvalue weighted by atomic mass is 10.4. The van der Waals surface area contributed by atoms with Crippen LogP contribution in [0, 0.1) is 0 Å². The minimum absolute atomic E-state index is 0.777. The third-order valence-electron chi connectivity index (χ3n) is 1.41. The van der Waals surface area contributed by atoms with Gasteiger partial charge in [-0.2, -0.15) is 0 Å². The Morgan fingerprint density at radius 2 is 2.00 bits per heavy atom. The molecule has 0 radical (unpaired) electrons. The molecule has 0 bridgehead atoms. The molecule has 2 aromatic rings. The molecule has 2 aromatic heterocycles. The minimum atomic E-state index is 0.777. The van der Waals surface area contributed by atoms with Gasteiger partial charge in [0.25, 0.3) is 0 Å². The van der Waals surface area contributed by atoms with Crippen molar-refractivity contribution < 1.29 is 0 Å². The van der Waals surface area contributed by atoms with Crippen LogP contribution in [0.25, 0.3) is 9.75 Å². The SMILES string of the molecule is Clc1csc(-c2sccc2Cl)c1. The van der Waals surface area contributed by atoms with Gasteiger partial charge in [0.15, 0.2) is 0 Å². The highest BCUT2D eigenvalue weighted by molar-refractivity contribution is 7.21. The van der Waals surface area contributed by atoms with Gasteiger partial charge in [0.05, 0.1) is 14.9 Å². The molecule has 0 aromatic carbocycles. The standard InChI is InChI=1S/C8H4Cl2S2/c9-5-3-7(12-4-5)8-6(10)1-2-11-8/h1-4H. The van der Waals surface area contributed by atoms with E-state index in [2.05, 4.69) is 0 Å². The van der Waals surface area contributed by atoms with Crippen molar-refractivity contribution in [1.82, 2.24) is 0 Å². The van der Waals surface area contributed by atoms with Crippen LogP contribution >= 0.6 is 45.9 Å². The van der Waals surface area contributed by atoms with Gasteiger partial charge in [0, 0.05) is 10.3 Å². The highest BCUT2D eigenvalue weighted by Crippen LogP contribution is 2.37. The van der Waals surface area contributed by atoms with E-state index in [0.717, 1.165) is 19.8 Å². The van der Waals surface area contributed by atoms with Crippen LogP contribution in [-0.2, 0) is 0 Å². The molecule has 4 heteroatoms. The molecule has 0 aliphatic rings. The molecule has 0 aliphatic heterocycles. The quantitative estimate of drug-likeness (QED) is 0.667. The highest BCUT2D eigenvalue weighted by atomic mass is 35.5. The minimum Gasteiger partial charge on any atom is -0.141 e. The van der Waals surface area contributed by atoms with Gasteiger partial charge in [0.1, 0.15) is 0 Å². The lowest BCUT2D eigenvalue weighted by Gasteiger charge is -1.89. The Kier molecular flexibility index (Phi) is 2.42. The molecule has 0 aliphatic carbocycles. The fourth-order valence-corrected chi connectivity index (χ4v) is 3.34. The number of rotatable bonds is 1. The zero-order chi connectivity index (χ0) is 8.55. The summed E-state index contributed by atoms with van der Waals surface area (Å²) in [6.07, 6.45) is 0. The normalized spacial score (nSPS) is 10.5. The van der Waals surface area contributed by atoms with Gasteiger partial charge < -0.3 is 0 Å². The molecule has 0 N–H and O–H groups in total. The molecule has 0 atom stereocenters. The molecule has 0 fully saturated rings. The topological polar surface area (TPSA) is 0 Å². The maximum atomic E-state index is 5.96. The van der Waals surface area contributed by atoms with Crippen LogP contribution in [0.15, 0.2) is 22.9 Å². The van der Waals surface area contributed by atoms with Gasteiger partial charge in [-0.25, -0.2) is 0 Å². The average Bonchev–Trinajstić information content (AvgIpc) is 2.58. The van der Waals surface area contributed by atoms with Crippen molar-refractivity contribution in [3.05, 3.63) is 32.9 Å². The number of hydrogen-bond acceptors (Lipinski definition) is 2. The second kappa shape index (κ2) is 3.38. The largest absolute Gasteiger partial charge is 0.141 e. The Morgan fingerprint density at radius 1 is 1.17 bits per heavy atom. The smallest absolute Gasteiger partial charge is 0.0629 e. The van der Waals surface area contributed by atoms with E-state index in [4.69, 9.17) is 23.2 Å². The van der Waals surface area contributed by atoms with Crippen molar-refractivity contribution in [2.45, 2.75) is 0 Å². The third kappa shape index (κ3) is 1.52. The number of thiophene rings is 2. The summed E-state index contributed by atoms with van der Waals surface area (Å²) < 4.78 is 0. The Hall–Kier alpha value is -0.0200. The van der Waals surface area contributed by atoms with E-state index in [1.807, 2.05) is 22.9 Å². The molecule has 62 valence electrons. The first-order chi connectivity index (χ1) is 5.77.